The Bertz CT molecular complexity index is 2370. The molecule has 2 heterocycles. The van der Waals surface area contributed by atoms with Crippen molar-refractivity contribution in [2.75, 3.05) is 25.0 Å². The van der Waals surface area contributed by atoms with E-state index in [1.54, 1.807) is 31.7 Å². The number of benzene rings is 3. The molecule has 68 heavy (non-hydrogen) atoms. The molecule has 12 nitrogen and oxygen atoms in total. The predicted molar refractivity (Wildman–Crippen MR) is 248 cm³/mol. The number of alkyl carbamates (subject to hydrolysis) is 1. The molecule has 0 spiro atoms. The Morgan fingerprint density at radius 2 is 1.44 bits per heavy atom. The fourth-order valence-corrected chi connectivity index (χ4v) is 8.78. The Balaban J connectivity index is 1.11. The van der Waals surface area contributed by atoms with E-state index in [1.165, 1.54) is 18.2 Å². The first-order valence-corrected chi connectivity index (χ1v) is 23.2. The van der Waals surface area contributed by atoms with Crippen LogP contribution in [0, 0.1) is 24.7 Å². The van der Waals surface area contributed by atoms with Crippen LogP contribution in [0.1, 0.15) is 114 Å². The quantitative estimate of drug-likeness (QED) is 0.144. The van der Waals surface area contributed by atoms with Gasteiger partial charge in [0.1, 0.15) is 22.7 Å². The van der Waals surface area contributed by atoms with Gasteiger partial charge in [-0.2, -0.15) is 22.0 Å². The van der Waals surface area contributed by atoms with Crippen LogP contribution in [0.5, 0.6) is 0 Å². The maximum absolute atomic E-state index is 14.2. The zero-order valence-electron chi connectivity index (χ0n) is 39.7. The zero-order valence-corrected chi connectivity index (χ0v) is 39.7. The number of aliphatic imine (C=N–C) groups is 1. The second-order valence-corrected chi connectivity index (χ2v) is 20.3. The van der Waals surface area contributed by atoms with Crippen LogP contribution >= 0.6 is 0 Å². The molecule has 0 radical (unpaired) electrons. The number of nitrogens with zero attached hydrogens (tertiary/aromatic N) is 2. The number of nitrogens with one attached hydrogen (secondary N) is 3. The van der Waals surface area contributed by atoms with Crippen LogP contribution in [0.15, 0.2) is 65.7 Å². The number of alkyl halides is 5. The van der Waals surface area contributed by atoms with Crippen LogP contribution < -0.4 is 16.0 Å². The first kappa shape index (κ1) is 51.5. The van der Waals surface area contributed by atoms with Gasteiger partial charge in [-0.15, -0.1) is 0 Å². The van der Waals surface area contributed by atoms with Gasteiger partial charge in [-0.25, -0.2) is 9.59 Å². The molecule has 17 heteroatoms. The summed E-state index contributed by atoms with van der Waals surface area (Å²) in [5.74, 6) is -6.98. The third kappa shape index (κ3) is 13.6. The van der Waals surface area contributed by atoms with Crippen LogP contribution in [0.4, 0.5) is 42.9 Å². The number of carbonyl (C=O) groups excluding carboxylic acids is 5. The molecule has 2 fully saturated rings. The molecule has 368 valence electrons. The van der Waals surface area contributed by atoms with E-state index in [0.29, 0.717) is 63.7 Å². The number of ketones is 1. The number of fused-ring (bicyclic) bond motifs is 1. The van der Waals surface area contributed by atoms with Gasteiger partial charge in [-0.1, -0.05) is 36.4 Å². The topological polar surface area (TPSA) is 156 Å². The number of carbonyl (C=O) groups is 5. The van der Waals surface area contributed by atoms with E-state index in [9.17, 15) is 45.9 Å². The predicted octanol–water partition coefficient (Wildman–Crippen LogP) is 10.7. The van der Waals surface area contributed by atoms with E-state index >= 15 is 0 Å². The summed E-state index contributed by atoms with van der Waals surface area (Å²) in [5.41, 5.74) is 1.49. The highest BCUT2D eigenvalue weighted by molar-refractivity contribution is 6.01. The zero-order chi connectivity index (χ0) is 49.8. The van der Waals surface area contributed by atoms with Gasteiger partial charge in [-0.3, -0.25) is 19.4 Å². The first-order valence-electron chi connectivity index (χ1n) is 23.2. The molecule has 1 aliphatic carbocycles. The second-order valence-electron chi connectivity index (χ2n) is 20.3. The Morgan fingerprint density at radius 1 is 0.794 bits per heavy atom. The van der Waals surface area contributed by atoms with Gasteiger partial charge < -0.3 is 30.3 Å². The van der Waals surface area contributed by atoms with Gasteiger partial charge in [0.25, 0.3) is 5.91 Å². The van der Waals surface area contributed by atoms with Crippen molar-refractivity contribution in [2.45, 2.75) is 136 Å². The summed E-state index contributed by atoms with van der Waals surface area (Å²) in [6.45, 7) is 14.1. The average molecular weight is 952 g/mol. The molecule has 1 saturated carbocycles. The maximum atomic E-state index is 14.2. The summed E-state index contributed by atoms with van der Waals surface area (Å²) in [6, 6.07) is 16.9. The minimum Gasteiger partial charge on any atom is -0.444 e. The first-order chi connectivity index (χ1) is 31.7. The minimum absolute atomic E-state index is 0.0936. The summed E-state index contributed by atoms with van der Waals surface area (Å²) in [6.07, 6.45) is -3.58. The molecule has 3 N–H and O–H groups in total. The number of aryl methyl sites for hydroxylation is 1. The van der Waals surface area contributed by atoms with Crippen LogP contribution in [-0.4, -0.2) is 89.4 Å². The molecule has 3 aliphatic rings. The fraction of sp³-hybridized carbons (Fsp3) is 0.529. The number of ether oxygens (including phenoxy) is 2. The fourth-order valence-electron chi connectivity index (χ4n) is 8.78. The smallest absolute Gasteiger partial charge is 0.444 e. The normalized spacial score (nSPS) is 18.5. The average Bonchev–Trinajstić information content (AvgIpc) is 3.69. The van der Waals surface area contributed by atoms with Crippen molar-refractivity contribution >= 4 is 46.9 Å². The lowest BCUT2D eigenvalue weighted by atomic mass is 9.77. The minimum atomic E-state index is -5.81. The van der Waals surface area contributed by atoms with Gasteiger partial charge >= 0.3 is 24.3 Å². The number of halogens is 5. The number of Topliss-reactive ketones (excluding diaryl/α,β-unsaturated/α-hetero) is 1. The molecule has 4 amide bonds. The van der Waals surface area contributed by atoms with Crippen molar-refractivity contribution in [3.05, 3.63) is 82.9 Å². The van der Waals surface area contributed by atoms with Crippen LogP contribution in [0.25, 0.3) is 11.1 Å². The van der Waals surface area contributed by atoms with Crippen LogP contribution in [0.2, 0.25) is 0 Å². The van der Waals surface area contributed by atoms with Gasteiger partial charge in [0, 0.05) is 61.6 Å². The van der Waals surface area contributed by atoms with Crippen molar-refractivity contribution < 1.29 is 55.4 Å². The van der Waals surface area contributed by atoms with Gasteiger partial charge in [0.15, 0.2) is 0 Å². The van der Waals surface area contributed by atoms with E-state index in [1.807, 2.05) is 64.1 Å². The molecule has 0 bridgehead atoms. The number of hydrogen-bond donors (Lipinski definition) is 3. The summed E-state index contributed by atoms with van der Waals surface area (Å²) in [5, 5.41) is 8.65. The highest BCUT2D eigenvalue weighted by atomic mass is 19.4. The molecule has 0 aromatic heterocycles. The van der Waals surface area contributed by atoms with Crippen molar-refractivity contribution in [3.63, 3.8) is 0 Å². The van der Waals surface area contributed by atoms with Crippen LogP contribution in [0.3, 0.4) is 0 Å². The number of rotatable bonds is 13. The standard InChI is InChI=1S/C51H62F5N5O7/c1-30-24-36(44(63)58-38-20-22-61(23-21-38)47(66)68-49(5,6)7)17-19-40(30)33-12-8-31(9-13-33)25-37(26-42(62)34-14-10-32(11-15-34)29-57-46(65)67-48(2,3)4)45(64)59-39-18-16-35-27-43(60-41(35)28-39)50(52,53)51(54,55)56/h8-9,12-13,16-19,24,28,32,34,37-38H,10-11,14-15,20-23,25-27,29H2,1-7H3,(H,57,65)(H,58,63)(H,59,64)/t32?,34?,37-/m1/s1. The monoisotopic (exact) mass is 951 g/mol. The Labute approximate surface area is 394 Å². The highest BCUT2D eigenvalue weighted by Crippen LogP contribution is 2.42. The molecule has 6 rings (SSSR count). The maximum Gasteiger partial charge on any atom is 0.459 e. The summed E-state index contributed by atoms with van der Waals surface area (Å²) in [4.78, 5) is 71.1. The lowest BCUT2D eigenvalue weighted by Gasteiger charge is -2.33. The van der Waals surface area contributed by atoms with E-state index in [2.05, 4.69) is 20.9 Å². The Hall–Kier alpha value is -5.87. The summed E-state index contributed by atoms with van der Waals surface area (Å²) >= 11 is 0. The third-order valence-electron chi connectivity index (χ3n) is 12.5. The van der Waals surface area contributed by atoms with E-state index in [4.69, 9.17) is 9.47 Å². The van der Waals surface area contributed by atoms with Crippen molar-refractivity contribution in [3.8, 4) is 11.1 Å². The van der Waals surface area contributed by atoms with Crippen molar-refractivity contribution in [1.29, 1.82) is 0 Å². The SMILES string of the molecule is Cc1cc(C(=O)NC2CCN(C(=O)OC(C)(C)C)CC2)ccc1-c1ccc(C[C@H](CC(=O)C2CCC(CNC(=O)OC(C)(C)C)CC2)C(=O)Nc2ccc3c(c2)N=C(C(F)(F)C(F)(F)F)C3)cc1. The number of hydrogen-bond acceptors (Lipinski definition) is 8. The Kier molecular flexibility index (Phi) is 15.7. The van der Waals surface area contributed by atoms with Gasteiger partial charge in [0.05, 0.1) is 5.69 Å². The number of likely N-dealkylation sites (tertiary alicyclic amines) is 1. The van der Waals surface area contributed by atoms with E-state index < -0.39 is 53.4 Å². The molecule has 2 aliphatic heterocycles. The molecule has 0 unspecified atom stereocenters. The lowest BCUT2D eigenvalue weighted by molar-refractivity contribution is -0.249. The lowest BCUT2D eigenvalue weighted by Crippen LogP contribution is -2.47. The highest BCUT2D eigenvalue weighted by Gasteiger charge is 2.61. The van der Waals surface area contributed by atoms with Gasteiger partial charge in [0.2, 0.25) is 5.91 Å². The second kappa shape index (κ2) is 20.8. The molecular weight excluding hydrogens is 890 g/mol. The number of amides is 4. The largest absolute Gasteiger partial charge is 0.459 e. The molecular formula is C51H62F5N5O7. The molecule has 3 aromatic rings. The Morgan fingerprint density at radius 3 is 2.04 bits per heavy atom. The van der Waals surface area contributed by atoms with E-state index in [0.717, 1.165) is 22.3 Å². The van der Waals surface area contributed by atoms with E-state index in [-0.39, 0.29) is 65.4 Å². The van der Waals surface area contributed by atoms with Crippen molar-refractivity contribution in [2.24, 2.45) is 22.7 Å². The third-order valence-corrected chi connectivity index (χ3v) is 12.5. The molecule has 3 aromatic carbocycles. The summed E-state index contributed by atoms with van der Waals surface area (Å²) in [7, 11) is 0. The molecule has 1 atom stereocenters. The van der Waals surface area contributed by atoms with Crippen molar-refractivity contribution in [1.82, 2.24) is 15.5 Å². The molecule has 1 saturated heterocycles. The van der Waals surface area contributed by atoms with Crippen LogP contribution in [-0.2, 0) is 31.9 Å². The summed E-state index contributed by atoms with van der Waals surface area (Å²) < 4.78 is 78.5. The number of piperidine rings is 1. The van der Waals surface area contributed by atoms with Gasteiger partial charge in [-0.05, 0) is 151 Å². The number of anilines is 1.